The third-order valence-corrected chi connectivity index (χ3v) is 0.707. The van der Waals surface area contributed by atoms with Crippen molar-refractivity contribution in [3.8, 4) is 0 Å². The largest absolute Gasteiger partial charge is 0.870 e. The fraction of sp³-hybridized carbons (Fsp3) is 1.00. The highest BCUT2D eigenvalue weighted by Crippen LogP contribution is 1.55. The molecule has 0 heterocycles. The van der Waals surface area contributed by atoms with Gasteiger partial charge in [-0.25, -0.2) is 0 Å². The van der Waals surface area contributed by atoms with Crippen molar-refractivity contribution in [3.05, 3.63) is 0 Å². The second-order valence-electron chi connectivity index (χ2n) is 1.71. The maximum atomic E-state index is 3.60. The second-order valence-corrected chi connectivity index (χ2v) is 1.71. The van der Waals surface area contributed by atoms with Crippen molar-refractivity contribution in [2.75, 3.05) is 13.1 Å². The predicted molar refractivity (Wildman–Crippen MR) is 40.0 cm³/mol. The maximum Gasteiger partial charge on any atom is 0.0737 e. The van der Waals surface area contributed by atoms with Crippen molar-refractivity contribution in [2.45, 2.75) is 26.7 Å². The van der Waals surface area contributed by atoms with Crippen LogP contribution in [0.25, 0.3) is 0 Å². The third kappa shape index (κ3) is 108. The summed E-state index contributed by atoms with van der Waals surface area (Å²) in [6.45, 7) is 6.38. The van der Waals surface area contributed by atoms with Crippen molar-refractivity contribution < 1.29 is 22.4 Å². The predicted octanol–water partition coefficient (Wildman–Crippen LogP) is -1.08. The van der Waals surface area contributed by atoms with E-state index in [0.717, 1.165) is 13.1 Å². The van der Waals surface area contributed by atoms with Gasteiger partial charge in [0.15, 0.2) is 0 Å². The molecule has 68 valence electrons. The summed E-state index contributed by atoms with van der Waals surface area (Å²) in [4.78, 5) is 0. The summed E-state index contributed by atoms with van der Waals surface area (Å²) in [5.74, 6) is 0. The van der Waals surface area contributed by atoms with Gasteiger partial charge in [-0.1, -0.05) is 13.8 Å². The lowest BCUT2D eigenvalue weighted by Crippen LogP contribution is -2.49. The lowest BCUT2D eigenvalue weighted by atomic mass is 10.5. The van der Waals surface area contributed by atoms with E-state index >= 15 is 0 Å². The van der Waals surface area contributed by atoms with Crippen molar-refractivity contribution >= 4 is 0 Å². The van der Waals surface area contributed by atoms with Crippen LogP contribution in [-0.2, 0) is 0 Å². The van der Waals surface area contributed by atoms with E-state index in [4.69, 9.17) is 0 Å². The Bertz CT molecular complexity index is 21.7. The van der Waals surface area contributed by atoms with Gasteiger partial charge in [-0.15, -0.1) is 0 Å². The van der Waals surface area contributed by atoms with Crippen LogP contribution in [0.2, 0.25) is 0 Å². The molecule has 0 fully saturated rings. The molecular formula is C6H22N2O2. The minimum absolute atomic E-state index is 0. The summed E-state index contributed by atoms with van der Waals surface area (Å²) < 4.78 is 0. The minimum atomic E-state index is 0. The monoisotopic (exact) mass is 154 g/mol. The first-order valence-electron chi connectivity index (χ1n) is 3.41. The van der Waals surface area contributed by atoms with Gasteiger partial charge < -0.3 is 22.4 Å². The Hall–Kier alpha value is -0.160. The summed E-state index contributed by atoms with van der Waals surface area (Å²) in [6, 6.07) is 0. The van der Waals surface area contributed by atoms with Gasteiger partial charge in [0.05, 0.1) is 13.1 Å². The fourth-order valence-electron chi connectivity index (χ4n) is 0. The third-order valence-electron chi connectivity index (χ3n) is 0.707. The summed E-state index contributed by atoms with van der Waals surface area (Å²) in [6.07, 6.45) is 2.42. The molecule has 4 nitrogen and oxygen atoms in total. The van der Waals surface area contributed by atoms with E-state index in [-0.39, 0.29) is 11.0 Å². The SMILES string of the molecule is CCC[NH3+].CCC[NH3+].[OH-].[OH-]. The van der Waals surface area contributed by atoms with Crippen LogP contribution in [0.5, 0.6) is 0 Å². The first kappa shape index (κ1) is 22.5. The van der Waals surface area contributed by atoms with Gasteiger partial charge in [-0.05, 0) is 12.8 Å². The average Bonchev–Trinajstić information content (AvgIpc) is 1.88. The Morgan fingerprint density at radius 2 is 0.900 bits per heavy atom. The average molecular weight is 154 g/mol. The lowest BCUT2D eigenvalue weighted by Gasteiger charge is -1.66. The van der Waals surface area contributed by atoms with Gasteiger partial charge in [0, 0.05) is 0 Å². The van der Waals surface area contributed by atoms with Gasteiger partial charge in [-0.3, -0.25) is 0 Å². The number of hydrogen-bond donors (Lipinski definition) is 2. The molecule has 0 unspecified atom stereocenters. The molecule has 0 aromatic heterocycles. The summed E-state index contributed by atoms with van der Waals surface area (Å²) >= 11 is 0. The maximum absolute atomic E-state index is 3.60. The number of rotatable bonds is 2. The molecule has 0 spiro atoms. The van der Waals surface area contributed by atoms with E-state index in [0.29, 0.717) is 0 Å². The van der Waals surface area contributed by atoms with Crippen LogP contribution in [0.3, 0.4) is 0 Å². The number of hydrogen-bond acceptors (Lipinski definition) is 2. The van der Waals surface area contributed by atoms with Crippen LogP contribution in [-0.4, -0.2) is 24.0 Å². The van der Waals surface area contributed by atoms with Crippen LogP contribution >= 0.6 is 0 Å². The molecular weight excluding hydrogens is 132 g/mol. The lowest BCUT2D eigenvalue weighted by molar-refractivity contribution is -0.367. The topological polar surface area (TPSA) is 115 Å². The molecule has 0 aromatic carbocycles. The molecule has 0 saturated heterocycles. The fourth-order valence-corrected chi connectivity index (χ4v) is 0. The second kappa shape index (κ2) is 36.8. The van der Waals surface area contributed by atoms with Gasteiger partial charge >= 0.3 is 0 Å². The zero-order valence-corrected chi connectivity index (χ0v) is 7.14. The standard InChI is InChI=1S/2C3H9N.2H2O/c2*1-2-3-4;;/h2*2-4H2,1H3;2*1H2. The van der Waals surface area contributed by atoms with E-state index in [1.165, 1.54) is 12.8 Å². The van der Waals surface area contributed by atoms with Crippen LogP contribution in [0, 0.1) is 0 Å². The van der Waals surface area contributed by atoms with E-state index in [1.54, 1.807) is 0 Å². The van der Waals surface area contributed by atoms with Crippen molar-refractivity contribution in [3.63, 3.8) is 0 Å². The summed E-state index contributed by atoms with van der Waals surface area (Å²) in [7, 11) is 0. The van der Waals surface area contributed by atoms with Crippen LogP contribution in [0.1, 0.15) is 26.7 Å². The number of quaternary nitrogens is 2. The van der Waals surface area contributed by atoms with E-state index in [1.807, 2.05) is 0 Å². The van der Waals surface area contributed by atoms with Gasteiger partial charge in [-0.2, -0.15) is 0 Å². The Labute approximate surface area is 63.2 Å². The Kier molecular flexibility index (Phi) is 83.1. The molecule has 0 aromatic rings. The zero-order valence-electron chi connectivity index (χ0n) is 7.14. The van der Waals surface area contributed by atoms with Gasteiger partial charge in [0.25, 0.3) is 0 Å². The van der Waals surface area contributed by atoms with Crippen LogP contribution in [0.4, 0.5) is 0 Å². The van der Waals surface area contributed by atoms with Crippen molar-refractivity contribution in [1.29, 1.82) is 0 Å². The van der Waals surface area contributed by atoms with Gasteiger partial charge in [0.1, 0.15) is 0 Å². The highest BCUT2D eigenvalue weighted by atomic mass is 16.0. The van der Waals surface area contributed by atoms with Crippen molar-refractivity contribution in [1.82, 2.24) is 0 Å². The highest BCUT2D eigenvalue weighted by Gasteiger charge is 1.60. The molecule has 4 heteroatoms. The normalized spacial score (nSPS) is 6.00. The molecule has 10 heavy (non-hydrogen) atoms. The zero-order chi connectivity index (χ0) is 6.83. The highest BCUT2D eigenvalue weighted by molar-refractivity contribution is 4.08. The van der Waals surface area contributed by atoms with E-state index in [2.05, 4.69) is 25.3 Å². The molecule has 0 rings (SSSR count). The Balaban J connectivity index is -0.0000000300. The first-order chi connectivity index (χ1) is 3.83. The molecule has 0 aliphatic carbocycles. The summed E-state index contributed by atoms with van der Waals surface area (Å²) in [5, 5.41) is 0. The molecule has 0 amide bonds. The summed E-state index contributed by atoms with van der Waals surface area (Å²) in [5.41, 5.74) is 7.21. The minimum Gasteiger partial charge on any atom is -0.870 e. The Morgan fingerprint density at radius 1 is 0.800 bits per heavy atom. The molecule has 8 N–H and O–H groups in total. The molecule has 0 saturated carbocycles. The molecule has 0 aliphatic heterocycles. The van der Waals surface area contributed by atoms with Crippen LogP contribution in [0.15, 0.2) is 0 Å². The smallest absolute Gasteiger partial charge is 0.0737 e. The van der Waals surface area contributed by atoms with E-state index < -0.39 is 0 Å². The Morgan fingerprint density at radius 3 is 0.900 bits per heavy atom. The molecule has 0 atom stereocenters. The molecule has 0 aliphatic rings. The van der Waals surface area contributed by atoms with E-state index in [9.17, 15) is 0 Å². The first-order valence-corrected chi connectivity index (χ1v) is 3.41. The quantitative estimate of drug-likeness (QED) is 0.526. The van der Waals surface area contributed by atoms with Crippen LogP contribution < -0.4 is 11.5 Å². The van der Waals surface area contributed by atoms with Crippen molar-refractivity contribution in [2.24, 2.45) is 0 Å². The molecule has 0 bridgehead atoms. The molecule has 0 radical (unpaired) electrons. The van der Waals surface area contributed by atoms with Gasteiger partial charge in [0.2, 0.25) is 0 Å².